The van der Waals surface area contributed by atoms with Gasteiger partial charge in [-0.3, -0.25) is 0 Å². The van der Waals surface area contributed by atoms with Gasteiger partial charge in [0.2, 0.25) is 0 Å². The molecule has 4 heteroatoms. The summed E-state index contributed by atoms with van der Waals surface area (Å²) in [6.45, 7) is 7.42. The van der Waals surface area contributed by atoms with Crippen LogP contribution in [0.3, 0.4) is 0 Å². The van der Waals surface area contributed by atoms with Gasteiger partial charge in [0.05, 0.1) is 0 Å². The number of halogens is 2. The molecule has 0 heterocycles. The van der Waals surface area contributed by atoms with Crippen LogP contribution in [0.5, 0.6) is 0 Å². The van der Waals surface area contributed by atoms with E-state index >= 15 is 0 Å². The van der Waals surface area contributed by atoms with Crippen LogP contribution in [0.2, 0.25) is 5.02 Å². The van der Waals surface area contributed by atoms with E-state index in [-0.39, 0.29) is 5.82 Å². The summed E-state index contributed by atoms with van der Waals surface area (Å²) in [5.41, 5.74) is 0.737. The van der Waals surface area contributed by atoms with Crippen LogP contribution in [0.15, 0.2) is 18.2 Å². The van der Waals surface area contributed by atoms with Crippen molar-refractivity contribution in [1.29, 1.82) is 0 Å². The number of rotatable bonds is 8. The second kappa shape index (κ2) is 8.83. The summed E-state index contributed by atoms with van der Waals surface area (Å²) in [7, 11) is 0. The molecule has 19 heavy (non-hydrogen) atoms. The minimum Gasteiger partial charge on any atom is -0.313 e. The summed E-state index contributed by atoms with van der Waals surface area (Å²) in [6.07, 6.45) is 0.710. The summed E-state index contributed by atoms with van der Waals surface area (Å²) in [4.78, 5) is 0. The molecule has 0 amide bonds. The molecule has 0 spiro atoms. The highest BCUT2D eigenvalue weighted by Gasteiger charge is 2.12. The van der Waals surface area contributed by atoms with Gasteiger partial charge < -0.3 is 5.32 Å². The standard InChI is InChI=1S/C15H23ClFNS/c1-4-18-14(10-19-9-11(2)3)7-12-5-6-13(16)8-15(12)17/h5-6,8,11,14,18H,4,7,9-10H2,1-3H3. The van der Waals surface area contributed by atoms with Crippen LogP contribution in [0.25, 0.3) is 0 Å². The van der Waals surface area contributed by atoms with Crippen LogP contribution in [-0.2, 0) is 6.42 Å². The number of benzene rings is 1. The van der Waals surface area contributed by atoms with Gasteiger partial charge in [0.25, 0.3) is 0 Å². The van der Waals surface area contributed by atoms with Gasteiger partial charge in [-0.05, 0) is 42.3 Å². The van der Waals surface area contributed by atoms with Crippen molar-refractivity contribution in [3.8, 4) is 0 Å². The van der Waals surface area contributed by atoms with Crippen LogP contribution >= 0.6 is 23.4 Å². The minimum atomic E-state index is -0.204. The fourth-order valence-corrected chi connectivity index (χ4v) is 3.16. The highest BCUT2D eigenvalue weighted by Crippen LogP contribution is 2.18. The molecule has 0 fully saturated rings. The van der Waals surface area contributed by atoms with Gasteiger partial charge in [0.15, 0.2) is 0 Å². The second-order valence-corrected chi connectivity index (χ2v) is 6.64. The molecule has 0 radical (unpaired) electrons. The maximum atomic E-state index is 13.8. The molecule has 0 aliphatic carbocycles. The zero-order valence-electron chi connectivity index (χ0n) is 11.9. The molecule has 108 valence electrons. The lowest BCUT2D eigenvalue weighted by Crippen LogP contribution is -2.33. The van der Waals surface area contributed by atoms with Gasteiger partial charge >= 0.3 is 0 Å². The monoisotopic (exact) mass is 303 g/mol. The number of thioether (sulfide) groups is 1. The van der Waals surface area contributed by atoms with E-state index in [0.29, 0.717) is 23.4 Å². The van der Waals surface area contributed by atoms with Gasteiger partial charge in [-0.2, -0.15) is 11.8 Å². The van der Waals surface area contributed by atoms with E-state index in [1.807, 2.05) is 11.8 Å². The fraction of sp³-hybridized carbons (Fsp3) is 0.600. The first-order valence-electron chi connectivity index (χ1n) is 6.78. The highest BCUT2D eigenvalue weighted by molar-refractivity contribution is 7.99. The van der Waals surface area contributed by atoms with Crippen molar-refractivity contribution in [2.24, 2.45) is 5.92 Å². The van der Waals surface area contributed by atoms with E-state index in [0.717, 1.165) is 23.6 Å². The van der Waals surface area contributed by atoms with Crippen molar-refractivity contribution in [3.05, 3.63) is 34.6 Å². The molecule has 1 nitrogen and oxygen atoms in total. The molecule has 0 bridgehead atoms. The molecule has 0 saturated carbocycles. The molecule has 0 aromatic heterocycles. The Balaban J connectivity index is 2.56. The maximum Gasteiger partial charge on any atom is 0.127 e. The quantitative estimate of drug-likeness (QED) is 0.764. The molecule has 0 aliphatic rings. The smallest absolute Gasteiger partial charge is 0.127 e. The first-order chi connectivity index (χ1) is 9.02. The van der Waals surface area contributed by atoms with E-state index in [9.17, 15) is 4.39 Å². The zero-order chi connectivity index (χ0) is 14.3. The SMILES string of the molecule is CCNC(CSCC(C)C)Cc1ccc(Cl)cc1F. The number of hydrogen-bond acceptors (Lipinski definition) is 2. The Morgan fingerprint density at radius 2 is 2.05 bits per heavy atom. The van der Waals surface area contributed by atoms with Gasteiger partial charge in [-0.1, -0.05) is 38.4 Å². The Kier molecular flexibility index (Phi) is 7.81. The van der Waals surface area contributed by atoms with Crippen LogP contribution in [-0.4, -0.2) is 24.1 Å². The van der Waals surface area contributed by atoms with Crippen molar-refractivity contribution < 1.29 is 4.39 Å². The van der Waals surface area contributed by atoms with Gasteiger partial charge in [0, 0.05) is 16.8 Å². The van der Waals surface area contributed by atoms with Crippen molar-refractivity contribution >= 4 is 23.4 Å². The van der Waals surface area contributed by atoms with Crippen LogP contribution in [0.1, 0.15) is 26.3 Å². The predicted octanol–water partition coefficient (Wildman–Crippen LogP) is 4.39. The van der Waals surface area contributed by atoms with Crippen molar-refractivity contribution in [2.75, 3.05) is 18.1 Å². The largest absolute Gasteiger partial charge is 0.313 e. The summed E-state index contributed by atoms with van der Waals surface area (Å²) < 4.78 is 13.8. The highest BCUT2D eigenvalue weighted by atomic mass is 35.5. The molecule has 1 aromatic rings. The van der Waals surface area contributed by atoms with Crippen LogP contribution in [0.4, 0.5) is 4.39 Å². The Bertz CT molecular complexity index is 384. The summed E-state index contributed by atoms with van der Waals surface area (Å²) in [5, 5.41) is 3.88. The second-order valence-electron chi connectivity index (χ2n) is 5.13. The molecular formula is C15H23ClFNS. The molecule has 0 aliphatic heterocycles. The van der Waals surface area contributed by atoms with Crippen molar-refractivity contribution in [1.82, 2.24) is 5.32 Å². The number of hydrogen-bond donors (Lipinski definition) is 1. The summed E-state index contributed by atoms with van der Waals surface area (Å²) in [6, 6.07) is 5.24. The van der Waals surface area contributed by atoms with Crippen LogP contribution < -0.4 is 5.32 Å². The Morgan fingerprint density at radius 3 is 2.63 bits per heavy atom. The predicted molar refractivity (Wildman–Crippen MR) is 84.7 cm³/mol. The number of likely N-dealkylation sites (N-methyl/N-ethyl adjacent to an activating group) is 1. The average molecular weight is 304 g/mol. The molecule has 1 N–H and O–H groups in total. The third kappa shape index (κ3) is 6.64. The molecule has 1 unspecified atom stereocenters. The number of nitrogens with one attached hydrogen (secondary N) is 1. The average Bonchev–Trinajstić information content (AvgIpc) is 2.32. The minimum absolute atomic E-state index is 0.204. The third-order valence-electron chi connectivity index (χ3n) is 2.74. The Labute approximate surface area is 125 Å². The van der Waals surface area contributed by atoms with Gasteiger partial charge in [0.1, 0.15) is 5.82 Å². The molecule has 1 rings (SSSR count). The first-order valence-corrected chi connectivity index (χ1v) is 8.31. The zero-order valence-corrected chi connectivity index (χ0v) is 13.5. The van der Waals surface area contributed by atoms with Crippen molar-refractivity contribution in [2.45, 2.75) is 33.2 Å². The molecule has 1 aromatic carbocycles. The van der Waals surface area contributed by atoms with E-state index in [4.69, 9.17) is 11.6 Å². The lowest BCUT2D eigenvalue weighted by Gasteiger charge is -2.18. The molecular weight excluding hydrogens is 281 g/mol. The Hall–Kier alpha value is -0.250. The van der Waals surface area contributed by atoms with Crippen molar-refractivity contribution in [3.63, 3.8) is 0 Å². The van der Waals surface area contributed by atoms with E-state index < -0.39 is 0 Å². The summed E-state index contributed by atoms with van der Waals surface area (Å²) >= 11 is 7.70. The Morgan fingerprint density at radius 1 is 1.32 bits per heavy atom. The fourth-order valence-electron chi connectivity index (χ4n) is 1.88. The lowest BCUT2D eigenvalue weighted by molar-refractivity contribution is 0.545. The summed E-state index contributed by atoms with van der Waals surface area (Å²) in [5.74, 6) is 2.64. The van der Waals surface area contributed by atoms with Gasteiger partial charge in [-0.15, -0.1) is 0 Å². The topological polar surface area (TPSA) is 12.0 Å². The van der Waals surface area contributed by atoms with Gasteiger partial charge in [-0.25, -0.2) is 4.39 Å². The lowest BCUT2D eigenvalue weighted by atomic mass is 10.1. The van der Waals surface area contributed by atoms with Crippen LogP contribution in [0, 0.1) is 11.7 Å². The van der Waals surface area contributed by atoms with E-state index in [1.165, 1.54) is 6.07 Å². The van der Waals surface area contributed by atoms with E-state index in [1.54, 1.807) is 12.1 Å². The van der Waals surface area contributed by atoms with E-state index in [2.05, 4.69) is 26.1 Å². The maximum absolute atomic E-state index is 13.8. The molecule has 0 saturated heterocycles. The normalized spacial score (nSPS) is 12.9. The third-order valence-corrected chi connectivity index (χ3v) is 4.52. The molecule has 1 atom stereocenters. The first kappa shape index (κ1) is 16.8.